The summed E-state index contributed by atoms with van der Waals surface area (Å²) in [5, 5.41) is 0. The molecule has 0 aromatic rings. The zero-order valence-electron chi connectivity index (χ0n) is 21.2. The van der Waals surface area contributed by atoms with Crippen molar-refractivity contribution >= 4 is 10.4 Å². The first kappa shape index (κ1) is 24.3. The number of rotatable bonds is 6. The maximum Gasteiger partial charge on any atom is 0.397 e. The molecule has 0 aromatic carbocycles. The summed E-state index contributed by atoms with van der Waals surface area (Å²) < 4.78 is 42.4. The van der Waals surface area contributed by atoms with Crippen molar-refractivity contribution in [2.75, 3.05) is 0 Å². The Labute approximate surface area is 201 Å². The van der Waals surface area contributed by atoms with E-state index < -0.39 is 16.5 Å². The summed E-state index contributed by atoms with van der Waals surface area (Å²) in [7, 11) is -4.39. The molecule has 6 heteroatoms. The van der Waals surface area contributed by atoms with Gasteiger partial charge in [0.15, 0.2) is 0 Å². The highest BCUT2D eigenvalue weighted by molar-refractivity contribution is 7.80. The molecule has 5 rings (SSSR count). The van der Waals surface area contributed by atoms with Crippen LogP contribution in [0.15, 0.2) is 11.6 Å². The van der Waals surface area contributed by atoms with Crippen LogP contribution in [0.5, 0.6) is 0 Å². The Morgan fingerprint density at radius 2 is 1.85 bits per heavy atom. The van der Waals surface area contributed by atoms with Gasteiger partial charge in [0.1, 0.15) is 0 Å². The van der Waals surface area contributed by atoms with Crippen LogP contribution in [0, 0.1) is 40.4 Å². The smallest absolute Gasteiger partial charge is 0.367 e. The average Bonchev–Trinajstić information content (AvgIpc) is 3.16. The van der Waals surface area contributed by atoms with E-state index in [1.807, 2.05) is 0 Å². The molecular formula is C27H44O5S. The first-order chi connectivity index (χ1) is 15.3. The molecule has 1 aliphatic heterocycles. The van der Waals surface area contributed by atoms with Crippen LogP contribution in [0.2, 0.25) is 0 Å². The van der Waals surface area contributed by atoms with Crippen molar-refractivity contribution < 1.29 is 21.9 Å². The van der Waals surface area contributed by atoms with Crippen molar-refractivity contribution in [1.82, 2.24) is 0 Å². The third-order valence-corrected chi connectivity index (χ3v) is 11.6. The van der Waals surface area contributed by atoms with E-state index in [9.17, 15) is 8.42 Å². The summed E-state index contributed by atoms with van der Waals surface area (Å²) in [5.41, 5.74) is 2.09. The van der Waals surface area contributed by atoms with Gasteiger partial charge in [0.05, 0.1) is 17.8 Å². The summed E-state index contributed by atoms with van der Waals surface area (Å²) in [6.07, 6.45) is 13.7. The molecule has 0 aromatic heterocycles. The highest BCUT2D eigenvalue weighted by atomic mass is 32.3. The zero-order valence-corrected chi connectivity index (χ0v) is 22.0. The van der Waals surface area contributed by atoms with E-state index in [1.165, 1.54) is 44.1 Å². The fourth-order valence-electron chi connectivity index (χ4n) is 9.21. The van der Waals surface area contributed by atoms with E-state index in [4.69, 9.17) is 13.5 Å². The van der Waals surface area contributed by atoms with Gasteiger partial charge >= 0.3 is 10.4 Å². The highest BCUT2D eigenvalue weighted by Gasteiger charge is 2.59. The lowest BCUT2D eigenvalue weighted by molar-refractivity contribution is -0.0560. The Morgan fingerprint density at radius 3 is 2.52 bits per heavy atom. The molecule has 3 saturated carbocycles. The van der Waals surface area contributed by atoms with Crippen LogP contribution in [-0.4, -0.2) is 30.8 Å². The maximum atomic E-state index is 11.2. The topological polar surface area (TPSA) is 76.1 Å². The van der Waals surface area contributed by atoms with Gasteiger partial charge in [-0.3, -0.25) is 4.55 Å². The minimum Gasteiger partial charge on any atom is -0.367 e. The van der Waals surface area contributed by atoms with Gasteiger partial charge in [0.2, 0.25) is 0 Å². The Kier molecular flexibility index (Phi) is 5.91. The van der Waals surface area contributed by atoms with Crippen LogP contribution in [0.25, 0.3) is 0 Å². The third-order valence-electron chi connectivity index (χ3n) is 11.1. The first-order valence-electron chi connectivity index (χ1n) is 13.4. The average molecular weight is 481 g/mol. The molecule has 5 nitrogen and oxygen atoms in total. The molecule has 0 spiro atoms. The summed E-state index contributed by atoms with van der Waals surface area (Å²) in [4.78, 5) is 0. The molecule has 2 unspecified atom stereocenters. The Bertz CT molecular complexity index is 909. The number of epoxide rings is 1. The standard InChI is InChI=1S/C27H44O5S/c1-17(6-11-24-25(2,3)31-24)21-9-10-22-20-8-7-18-16-19(32-33(28,29)30)12-14-26(18,4)23(20)13-15-27(21,22)5/h7,17,19-24H,6,8-16H2,1-5H3,(H,28,29,30)/t17?,19-,20-,21+,22-,23-,24?,26-,27+/m0/s1. The number of ether oxygens (including phenoxy) is 1. The van der Waals surface area contributed by atoms with Crippen molar-refractivity contribution in [3.05, 3.63) is 11.6 Å². The van der Waals surface area contributed by atoms with Gasteiger partial charge in [-0.05, 0) is 118 Å². The van der Waals surface area contributed by atoms with Crippen molar-refractivity contribution in [2.45, 2.75) is 117 Å². The van der Waals surface area contributed by atoms with Gasteiger partial charge in [-0.25, -0.2) is 4.18 Å². The fraction of sp³-hybridized carbons (Fsp3) is 0.926. The second-order valence-electron chi connectivity index (χ2n) is 13.1. The third kappa shape index (κ3) is 4.25. The van der Waals surface area contributed by atoms with E-state index in [1.54, 1.807) is 0 Å². The van der Waals surface area contributed by atoms with Gasteiger partial charge in [-0.2, -0.15) is 8.42 Å². The lowest BCUT2D eigenvalue weighted by Crippen LogP contribution is -2.51. The van der Waals surface area contributed by atoms with Crippen molar-refractivity contribution in [3.8, 4) is 0 Å². The second-order valence-corrected chi connectivity index (χ2v) is 14.2. The molecular weight excluding hydrogens is 436 g/mol. The summed E-state index contributed by atoms with van der Waals surface area (Å²) in [6, 6.07) is 0. The van der Waals surface area contributed by atoms with Gasteiger partial charge < -0.3 is 4.74 Å². The first-order valence-corrected chi connectivity index (χ1v) is 14.7. The van der Waals surface area contributed by atoms with Crippen molar-refractivity contribution in [3.63, 3.8) is 0 Å². The normalized spacial score (nSPS) is 47.2. The number of allylic oxidation sites excluding steroid dienone is 1. The highest BCUT2D eigenvalue weighted by Crippen LogP contribution is 2.67. The van der Waals surface area contributed by atoms with Gasteiger partial charge in [0.25, 0.3) is 0 Å². The lowest BCUT2D eigenvalue weighted by atomic mass is 9.47. The van der Waals surface area contributed by atoms with E-state index in [-0.39, 0.29) is 11.0 Å². The Morgan fingerprint density at radius 1 is 1.12 bits per heavy atom. The SMILES string of the molecule is CC(CCC1OC1(C)C)[C@H]1CC[C@H]2[C@@H]3CC=C4C[C@@H](OS(=O)(=O)O)CC[C@]4(C)[C@H]3CC[C@]12C. The molecule has 33 heavy (non-hydrogen) atoms. The molecule has 0 amide bonds. The Hall–Kier alpha value is -0.430. The van der Waals surface area contributed by atoms with Gasteiger partial charge in [-0.1, -0.05) is 32.4 Å². The van der Waals surface area contributed by atoms with Crippen LogP contribution < -0.4 is 0 Å². The number of fused-ring (bicyclic) bond motifs is 5. The summed E-state index contributed by atoms with van der Waals surface area (Å²) in [6.45, 7) is 12.0. The van der Waals surface area contributed by atoms with Crippen LogP contribution in [0.1, 0.15) is 98.8 Å². The fourth-order valence-corrected chi connectivity index (χ4v) is 9.72. The van der Waals surface area contributed by atoms with Gasteiger partial charge in [-0.15, -0.1) is 0 Å². The van der Waals surface area contributed by atoms with Gasteiger partial charge in [0, 0.05) is 0 Å². The molecule has 9 atom stereocenters. The Balaban J connectivity index is 1.28. The predicted octanol–water partition coefficient (Wildman–Crippen LogP) is 6.35. The van der Waals surface area contributed by atoms with Crippen molar-refractivity contribution in [2.24, 2.45) is 40.4 Å². The van der Waals surface area contributed by atoms with E-state index >= 15 is 0 Å². The largest absolute Gasteiger partial charge is 0.397 e. The molecule has 1 N–H and O–H groups in total. The monoisotopic (exact) mass is 480 g/mol. The molecule has 1 heterocycles. The summed E-state index contributed by atoms with van der Waals surface area (Å²) in [5.74, 6) is 3.83. The van der Waals surface area contributed by atoms with Crippen molar-refractivity contribution in [1.29, 1.82) is 0 Å². The van der Waals surface area contributed by atoms with Crippen LogP contribution >= 0.6 is 0 Å². The molecule has 4 fully saturated rings. The molecule has 0 bridgehead atoms. The minimum absolute atomic E-state index is 0.104. The zero-order chi connectivity index (χ0) is 23.8. The maximum absolute atomic E-state index is 11.2. The van der Waals surface area contributed by atoms with E-state index in [2.05, 4.69) is 40.7 Å². The summed E-state index contributed by atoms with van der Waals surface area (Å²) >= 11 is 0. The predicted molar refractivity (Wildman–Crippen MR) is 129 cm³/mol. The van der Waals surface area contributed by atoms with Crippen LogP contribution in [-0.2, 0) is 19.3 Å². The van der Waals surface area contributed by atoms with Crippen LogP contribution in [0.3, 0.4) is 0 Å². The quantitative estimate of drug-likeness (QED) is 0.272. The van der Waals surface area contributed by atoms with Crippen LogP contribution in [0.4, 0.5) is 0 Å². The molecule has 4 aliphatic carbocycles. The minimum atomic E-state index is -4.39. The number of hydrogen-bond acceptors (Lipinski definition) is 4. The molecule has 5 aliphatic rings. The van der Waals surface area contributed by atoms with E-state index in [0.29, 0.717) is 30.3 Å². The molecule has 0 radical (unpaired) electrons. The molecule has 1 saturated heterocycles. The second kappa shape index (κ2) is 8.04. The number of hydrogen-bond donors (Lipinski definition) is 1. The van der Waals surface area contributed by atoms with E-state index in [0.717, 1.165) is 36.5 Å². The molecule has 188 valence electrons. The lowest BCUT2D eigenvalue weighted by Gasteiger charge is -2.58.